The van der Waals surface area contributed by atoms with Crippen molar-refractivity contribution in [3.63, 3.8) is 0 Å². The molecule has 3 fully saturated rings. The molecule has 2 bridgehead atoms. The van der Waals surface area contributed by atoms with Gasteiger partial charge in [0.15, 0.2) is 11.5 Å². The number of hydrogen-bond donors (Lipinski definition) is 1. The number of nitrogens with one attached hydrogen (secondary N) is 1. The van der Waals surface area contributed by atoms with Crippen LogP contribution in [0.1, 0.15) is 65.5 Å². The van der Waals surface area contributed by atoms with Gasteiger partial charge in [-0.25, -0.2) is 0 Å². The van der Waals surface area contributed by atoms with Crippen LogP contribution in [0.2, 0.25) is 0 Å². The van der Waals surface area contributed by atoms with Gasteiger partial charge < -0.3 is 19.5 Å². The Bertz CT molecular complexity index is 804. The van der Waals surface area contributed by atoms with Crippen molar-refractivity contribution in [1.82, 2.24) is 5.32 Å². The first-order valence-corrected chi connectivity index (χ1v) is 11.5. The van der Waals surface area contributed by atoms with E-state index < -0.39 is 0 Å². The maximum absolute atomic E-state index is 12.7. The van der Waals surface area contributed by atoms with Gasteiger partial charge in [0.05, 0.1) is 19.8 Å². The van der Waals surface area contributed by atoms with Gasteiger partial charge in [0, 0.05) is 18.6 Å². The molecule has 4 rings (SSSR count). The highest BCUT2D eigenvalue weighted by atomic mass is 16.5. The number of hydrogen-bond acceptors (Lipinski definition) is 4. The SMILES string of the molecule is CCOc1cc([C@H]2OCC[C@@]34C[C@@H](C[C@H]23)C(C)(C)[C@@H]4NC(=O)C(C)C)ccc1OC. The summed E-state index contributed by atoms with van der Waals surface area (Å²) < 4.78 is 17.7. The molecule has 1 saturated heterocycles. The van der Waals surface area contributed by atoms with Gasteiger partial charge in [-0.2, -0.15) is 0 Å². The first kappa shape index (κ1) is 21.5. The van der Waals surface area contributed by atoms with E-state index in [4.69, 9.17) is 14.2 Å². The van der Waals surface area contributed by atoms with E-state index in [1.165, 1.54) is 6.42 Å². The standard InChI is InChI=1S/C25H37NO4/c1-7-29-20-12-16(8-9-19(20)28-6)21-18-13-17-14-25(18,10-11-30-21)23(24(17,4)5)26-22(27)15(2)3/h8-9,12,15,17-18,21,23H,7,10-11,13-14H2,1-6H3,(H,26,27)/t17-,18-,21-,23+,25-/m1/s1. The van der Waals surface area contributed by atoms with Crippen molar-refractivity contribution in [3.8, 4) is 11.5 Å². The second kappa shape index (κ2) is 7.74. The summed E-state index contributed by atoms with van der Waals surface area (Å²) in [4.78, 5) is 12.7. The van der Waals surface area contributed by atoms with Crippen LogP contribution in [0.15, 0.2) is 18.2 Å². The van der Waals surface area contributed by atoms with Crippen molar-refractivity contribution in [2.24, 2.45) is 28.6 Å². The van der Waals surface area contributed by atoms with E-state index in [-0.39, 0.29) is 34.8 Å². The Morgan fingerprint density at radius 1 is 1.30 bits per heavy atom. The maximum atomic E-state index is 12.7. The van der Waals surface area contributed by atoms with E-state index in [1.807, 2.05) is 26.8 Å². The molecule has 1 spiro atoms. The van der Waals surface area contributed by atoms with Gasteiger partial charge in [-0.1, -0.05) is 33.8 Å². The molecule has 1 N–H and O–H groups in total. The highest BCUT2D eigenvalue weighted by Gasteiger charge is 2.68. The fourth-order valence-electron chi connectivity index (χ4n) is 6.56. The zero-order chi connectivity index (χ0) is 21.7. The van der Waals surface area contributed by atoms with Crippen molar-refractivity contribution < 1.29 is 19.0 Å². The molecule has 166 valence electrons. The molecule has 1 heterocycles. The average molecular weight is 416 g/mol. The van der Waals surface area contributed by atoms with Gasteiger partial charge >= 0.3 is 0 Å². The lowest BCUT2D eigenvalue weighted by molar-refractivity contribution is -0.139. The minimum atomic E-state index is 0.000697. The van der Waals surface area contributed by atoms with Crippen molar-refractivity contribution in [2.45, 2.75) is 66.0 Å². The normalized spacial score (nSPS) is 34.0. The minimum Gasteiger partial charge on any atom is -0.493 e. The molecular weight excluding hydrogens is 378 g/mol. The smallest absolute Gasteiger partial charge is 0.222 e. The Hall–Kier alpha value is -1.75. The summed E-state index contributed by atoms with van der Waals surface area (Å²) in [6, 6.07) is 6.38. The first-order valence-electron chi connectivity index (χ1n) is 11.5. The van der Waals surface area contributed by atoms with Crippen LogP contribution in [0.3, 0.4) is 0 Å². The fraction of sp³-hybridized carbons (Fsp3) is 0.720. The summed E-state index contributed by atoms with van der Waals surface area (Å²) in [5, 5.41) is 3.47. The number of amides is 1. The average Bonchev–Trinajstić information content (AvgIpc) is 3.20. The number of ether oxygens (including phenoxy) is 3. The van der Waals surface area contributed by atoms with Crippen LogP contribution < -0.4 is 14.8 Å². The van der Waals surface area contributed by atoms with Gasteiger partial charge in [-0.3, -0.25) is 4.79 Å². The zero-order valence-electron chi connectivity index (χ0n) is 19.3. The zero-order valence-corrected chi connectivity index (χ0v) is 19.3. The highest BCUT2D eigenvalue weighted by Crippen LogP contribution is 2.70. The Balaban J connectivity index is 1.68. The van der Waals surface area contributed by atoms with Crippen molar-refractivity contribution in [2.75, 3.05) is 20.3 Å². The summed E-state index contributed by atoms with van der Waals surface area (Å²) in [6.45, 7) is 12.0. The van der Waals surface area contributed by atoms with E-state index in [9.17, 15) is 4.79 Å². The number of fused-ring (bicyclic) bond motifs is 1. The Kier molecular flexibility index (Phi) is 5.54. The van der Waals surface area contributed by atoms with Gasteiger partial charge in [0.2, 0.25) is 5.91 Å². The van der Waals surface area contributed by atoms with Crippen molar-refractivity contribution in [1.29, 1.82) is 0 Å². The van der Waals surface area contributed by atoms with Crippen LogP contribution in [0.25, 0.3) is 0 Å². The molecule has 3 aliphatic rings. The van der Waals surface area contributed by atoms with Crippen LogP contribution in [0.4, 0.5) is 0 Å². The van der Waals surface area contributed by atoms with E-state index in [1.54, 1.807) is 7.11 Å². The molecule has 0 aromatic heterocycles. The van der Waals surface area contributed by atoms with Gasteiger partial charge in [0.1, 0.15) is 0 Å². The largest absolute Gasteiger partial charge is 0.493 e. The Morgan fingerprint density at radius 2 is 2.07 bits per heavy atom. The lowest BCUT2D eigenvalue weighted by atomic mass is 9.58. The van der Waals surface area contributed by atoms with Gasteiger partial charge in [0.25, 0.3) is 0 Å². The first-order chi connectivity index (χ1) is 14.2. The molecule has 1 aromatic rings. The third-order valence-corrected chi connectivity index (χ3v) is 8.13. The molecular formula is C25H37NO4. The second-order valence-electron chi connectivity index (χ2n) is 10.3. The van der Waals surface area contributed by atoms with Crippen LogP contribution in [0, 0.1) is 28.6 Å². The minimum absolute atomic E-state index is 0.000697. The number of rotatable bonds is 6. The fourth-order valence-corrected chi connectivity index (χ4v) is 6.56. The predicted octanol–water partition coefficient (Wildman–Crippen LogP) is 4.75. The Morgan fingerprint density at radius 3 is 2.73 bits per heavy atom. The molecule has 2 aliphatic carbocycles. The molecule has 5 atom stereocenters. The number of benzene rings is 1. The Labute approximate surface area is 180 Å². The van der Waals surface area contributed by atoms with E-state index >= 15 is 0 Å². The lowest BCUT2D eigenvalue weighted by Crippen LogP contribution is -2.59. The second-order valence-corrected chi connectivity index (χ2v) is 10.3. The summed E-state index contributed by atoms with van der Waals surface area (Å²) in [6.07, 6.45) is 3.39. The number of carbonyl (C=O) groups excluding carboxylic acids is 1. The molecule has 1 aliphatic heterocycles. The van der Waals surface area contributed by atoms with Crippen LogP contribution >= 0.6 is 0 Å². The molecule has 0 radical (unpaired) electrons. The molecule has 5 nitrogen and oxygen atoms in total. The number of methoxy groups -OCH3 is 1. The van der Waals surface area contributed by atoms with Crippen LogP contribution in [-0.4, -0.2) is 32.3 Å². The maximum Gasteiger partial charge on any atom is 0.222 e. The summed E-state index contributed by atoms with van der Waals surface area (Å²) in [5.74, 6) is 2.70. The van der Waals surface area contributed by atoms with E-state index in [0.29, 0.717) is 18.4 Å². The van der Waals surface area contributed by atoms with Gasteiger partial charge in [-0.05, 0) is 66.5 Å². The third kappa shape index (κ3) is 3.21. The molecule has 30 heavy (non-hydrogen) atoms. The van der Waals surface area contributed by atoms with E-state index in [0.717, 1.165) is 36.5 Å². The van der Waals surface area contributed by atoms with Crippen LogP contribution in [0.5, 0.6) is 11.5 Å². The lowest BCUT2D eigenvalue weighted by Gasteiger charge is -2.53. The van der Waals surface area contributed by atoms with Gasteiger partial charge in [-0.15, -0.1) is 0 Å². The van der Waals surface area contributed by atoms with E-state index in [2.05, 4.69) is 31.3 Å². The monoisotopic (exact) mass is 415 g/mol. The molecule has 5 heteroatoms. The van der Waals surface area contributed by atoms with Crippen molar-refractivity contribution >= 4 is 5.91 Å². The molecule has 1 aromatic carbocycles. The molecule has 2 saturated carbocycles. The number of carbonyl (C=O) groups is 1. The summed E-state index contributed by atoms with van der Waals surface area (Å²) >= 11 is 0. The molecule has 0 unspecified atom stereocenters. The van der Waals surface area contributed by atoms with Crippen LogP contribution in [-0.2, 0) is 9.53 Å². The van der Waals surface area contributed by atoms with Crippen molar-refractivity contribution in [3.05, 3.63) is 23.8 Å². The predicted molar refractivity (Wildman–Crippen MR) is 117 cm³/mol. The summed E-state index contributed by atoms with van der Waals surface area (Å²) in [5.41, 5.74) is 1.37. The third-order valence-electron chi connectivity index (χ3n) is 8.13. The highest BCUT2D eigenvalue weighted by molar-refractivity contribution is 5.78. The topological polar surface area (TPSA) is 56.8 Å². The summed E-state index contributed by atoms with van der Waals surface area (Å²) in [7, 11) is 1.67. The molecule has 1 amide bonds. The quantitative estimate of drug-likeness (QED) is 0.729.